The number of nitrogens with zero attached hydrogens (tertiary/aromatic N) is 2. The predicted octanol–water partition coefficient (Wildman–Crippen LogP) is 4.24. The number of rotatable bonds is 6. The van der Waals surface area contributed by atoms with Crippen molar-refractivity contribution in [2.45, 2.75) is 19.5 Å². The number of carbonyl (C=O) groups excluding carboxylic acids is 2. The van der Waals surface area contributed by atoms with E-state index < -0.39 is 23.5 Å². The SMILES string of the molecule is CCOc1cccc(/C(O)=C2\C(=O)C(=O)N(Cc3cccnc3)C2c2cccc(F)c2)c1. The number of ketones is 1. The summed E-state index contributed by atoms with van der Waals surface area (Å²) in [5, 5.41) is 11.1. The molecule has 1 amide bonds. The van der Waals surface area contributed by atoms with Gasteiger partial charge in [0.05, 0.1) is 18.2 Å². The van der Waals surface area contributed by atoms with Gasteiger partial charge in [0, 0.05) is 24.5 Å². The Kier molecular flexibility index (Phi) is 5.98. The lowest BCUT2D eigenvalue weighted by molar-refractivity contribution is -0.140. The van der Waals surface area contributed by atoms with Gasteiger partial charge in [-0.1, -0.05) is 30.3 Å². The van der Waals surface area contributed by atoms with Gasteiger partial charge in [-0.2, -0.15) is 0 Å². The fourth-order valence-electron chi connectivity index (χ4n) is 3.81. The van der Waals surface area contributed by atoms with Gasteiger partial charge in [0.2, 0.25) is 0 Å². The van der Waals surface area contributed by atoms with Crippen molar-refractivity contribution in [2.24, 2.45) is 0 Å². The van der Waals surface area contributed by atoms with Crippen LogP contribution in [0.25, 0.3) is 5.76 Å². The van der Waals surface area contributed by atoms with E-state index in [1.165, 1.54) is 23.1 Å². The Hall–Kier alpha value is -4.00. The molecule has 1 unspecified atom stereocenters. The number of pyridine rings is 1. The molecule has 1 saturated heterocycles. The fourth-order valence-corrected chi connectivity index (χ4v) is 3.81. The summed E-state index contributed by atoms with van der Waals surface area (Å²) >= 11 is 0. The number of carbonyl (C=O) groups is 2. The van der Waals surface area contributed by atoms with Crippen LogP contribution in [0.4, 0.5) is 4.39 Å². The third-order valence-corrected chi connectivity index (χ3v) is 5.20. The van der Waals surface area contributed by atoms with Gasteiger partial charge in [0.1, 0.15) is 17.3 Å². The molecule has 4 rings (SSSR count). The number of hydrogen-bond donors (Lipinski definition) is 1. The van der Waals surface area contributed by atoms with E-state index >= 15 is 0 Å². The molecule has 0 spiro atoms. The number of Topliss-reactive ketones (excluding diaryl/α,β-unsaturated/α-hetero) is 1. The number of likely N-dealkylation sites (tertiary alicyclic amines) is 1. The van der Waals surface area contributed by atoms with E-state index in [2.05, 4.69) is 4.98 Å². The lowest BCUT2D eigenvalue weighted by Gasteiger charge is -2.25. The molecule has 2 aromatic carbocycles. The van der Waals surface area contributed by atoms with E-state index in [4.69, 9.17) is 4.74 Å². The summed E-state index contributed by atoms with van der Waals surface area (Å²) in [6.07, 6.45) is 3.19. The molecule has 0 bridgehead atoms. The molecule has 0 aliphatic carbocycles. The number of aliphatic hydroxyl groups excluding tert-OH is 1. The van der Waals surface area contributed by atoms with Crippen LogP contribution in [0.3, 0.4) is 0 Å². The number of hydrogen-bond acceptors (Lipinski definition) is 5. The second kappa shape index (κ2) is 9.01. The van der Waals surface area contributed by atoms with Crippen LogP contribution in [-0.4, -0.2) is 33.3 Å². The molecule has 162 valence electrons. The number of amides is 1. The number of ether oxygens (including phenoxy) is 1. The maximum absolute atomic E-state index is 14.1. The monoisotopic (exact) mass is 432 g/mol. The molecule has 1 aliphatic rings. The smallest absolute Gasteiger partial charge is 0.295 e. The van der Waals surface area contributed by atoms with Gasteiger partial charge in [-0.15, -0.1) is 0 Å². The standard InChI is InChI=1S/C25H21FN2O4/c1-2-32-20-10-4-8-18(13-20)23(29)21-22(17-7-3-9-19(26)12-17)28(25(31)24(21)30)15-16-6-5-11-27-14-16/h3-14,22,29H,2,15H2,1H3/b23-21+. The molecule has 6 nitrogen and oxygen atoms in total. The molecule has 3 aromatic rings. The first-order chi connectivity index (χ1) is 15.5. The molecule has 7 heteroatoms. The summed E-state index contributed by atoms with van der Waals surface area (Å²) in [6, 6.07) is 14.8. The first kappa shape index (κ1) is 21.2. The van der Waals surface area contributed by atoms with E-state index in [0.717, 1.165) is 0 Å². The highest BCUT2D eigenvalue weighted by molar-refractivity contribution is 6.46. The average Bonchev–Trinajstić information content (AvgIpc) is 3.05. The number of halogens is 1. The van der Waals surface area contributed by atoms with Gasteiger partial charge < -0.3 is 14.7 Å². The van der Waals surface area contributed by atoms with Crippen LogP contribution >= 0.6 is 0 Å². The van der Waals surface area contributed by atoms with Crippen LogP contribution in [-0.2, 0) is 16.1 Å². The van der Waals surface area contributed by atoms with E-state index in [-0.39, 0.29) is 17.9 Å². The molecule has 1 atom stereocenters. The van der Waals surface area contributed by atoms with E-state index in [0.29, 0.717) is 29.0 Å². The fraction of sp³-hybridized carbons (Fsp3) is 0.160. The summed E-state index contributed by atoms with van der Waals surface area (Å²) in [4.78, 5) is 31.4. The van der Waals surface area contributed by atoms with Crippen LogP contribution in [0.1, 0.15) is 29.7 Å². The van der Waals surface area contributed by atoms with Crippen LogP contribution < -0.4 is 4.74 Å². The summed E-state index contributed by atoms with van der Waals surface area (Å²) < 4.78 is 19.5. The minimum Gasteiger partial charge on any atom is -0.507 e. The highest BCUT2D eigenvalue weighted by atomic mass is 19.1. The van der Waals surface area contributed by atoms with Crippen molar-refractivity contribution in [1.82, 2.24) is 9.88 Å². The van der Waals surface area contributed by atoms with Gasteiger partial charge in [0.15, 0.2) is 0 Å². The summed E-state index contributed by atoms with van der Waals surface area (Å²) in [6.45, 7) is 2.35. The molecule has 1 aromatic heterocycles. The van der Waals surface area contributed by atoms with Crippen molar-refractivity contribution < 1.29 is 23.8 Å². The van der Waals surface area contributed by atoms with Gasteiger partial charge in [0.25, 0.3) is 11.7 Å². The topological polar surface area (TPSA) is 79.7 Å². The van der Waals surface area contributed by atoms with Crippen molar-refractivity contribution in [3.05, 3.63) is 101 Å². The maximum atomic E-state index is 14.1. The van der Waals surface area contributed by atoms with Crippen molar-refractivity contribution in [2.75, 3.05) is 6.61 Å². The van der Waals surface area contributed by atoms with Crippen LogP contribution in [0, 0.1) is 5.82 Å². The van der Waals surface area contributed by atoms with E-state index in [1.54, 1.807) is 54.9 Å². The van der Waals surface area contributed by atoms with Gasteiger partial charge >= 0.3 is 0 Å². The first-order valence-corrected chi connectivity index (χ1v) is 10.2. The highest BCUT2D eigenvalue weighted by Gasteiger charge is 2.46. The molecular formula is C25H21FN2O4. The molecule has 2 heterocycles. The predicted molar refractivity (Wildman–Crippen MR) is 116 cm³/mol. The van der Waals surface area contributed by atoms with Crippen molar-refractivity contribution in [1.29, 1.82) is 0 Å². The normalized spacial score (nSPS) is 17.6. The summed E-state index contributed by atoms with van der Waals surface area (Å²) in [5.74, 6) is -1.93. The van der Waals surface area contributed by atoms with Crippen LogP contribution in [0.5, 0.6) is 5.75 Å². The molecule has 0 saturated carbocycles. The minimum atomic E-state index is -0.957. The highest BCUT2D eigenvalue weighted by Crippen LogP contribution is 2.40. The zero-order valence-corrected chi connectivity index (χ0v) is 17.4. The summed E-state index contributed by atoms with van der Waals surface area (Å²) in [5.41, 5.74) is 1.32. The summed E-state index contributed by atoms with van der Waals surface area (Å²) in [7, 11) is 0. The van der Waals surface area contributed by atoms with Crippen molar-refractivity contribution >= 4 is 17.4 Å². The zero-order chi connectivity index (χ0) is 22.7. The second-order valence-corrected chi connectivity index (χ2v) is 7.30. The lowest BCUT2D eigenvalue weighted by atomic mass is 9.95. The number of benzene rings is 2. The second-order valence-electron chi connectivity index (χ2n) is 7.30. The Morgan fingerprint density at radius 3 is 2.66 bits per heavy atom. The Bertz CT molecular complexity index is 1190. The molecule has 1 aliphatic heterocycles. The largest absolute Gasteiger partial charge is 0.507 e. The molecule has 1 N–H and O–H groups in total. The maximum Gasteiger partial charge on any atom is 0.295 e. The first-order valence-electron chi connectivity index (χ1n) is 10.2. The Labute approximate surface area is 184 Å². The van der Waals surface area contributed by atoms with Crippen LogP contribution in [0.15, 0.2) is 78.6 Å². The lowest BCUT2D eigenvalue weighted by Crippen LogP contribution is -2.29. The molecular weight excluding hydrogens is 411 g/mol. The van der Waals surface area contributed by atoms with Crippen molar-refractivity contribution in [3.8, 4) is 5.75 Å². The molecule has 1 fully saturated rings. The third-order valence-electron chi connectivity index (χ3n) is 5.20. The minimum absolute atomic E-state index is 0.0787. The van der Waals surface area contributed by atoms with Crippen molar-refractivity contribution in [3.63, 3.8) is 0 Å². The Morgan fingerprint density at radius 1 is 1.12 bits per heavy atom. The number of aliphatic hydroxyl groups is 1. The van der Waals surface area contributed by atoms with Gasteiger partial charge in [-0.25, -0.2) is 4.39 Å². The quantitative estimate of drug-likeness (QED) is 0.358. The molecule has 32 heavy (non-hydrogen) atoms. The van der Waals surface area contributed by atoms with Gasteiger partial charge in [-0.3, -0.25) is 14.6 Å². The van der Waals surface area contributed by atoms with E-state index in [9.17, 15) is 19.1 Å². The van der Waals surface area contributed by atoms with Crippen LogP contribution in [0.2, 0.25) is 0 Å². The van der Waals surface area contributed by atoms with E-state index in [1.807, 2.05) is 6.92 Å². The van der Waals surface area contributed by atoms with Gasteiger partial charge in [-0.05, 0) is 48.4 Å². The Morgan fingerprint density at radius 2 is 1.94 bits per heavy atom. The number of aromatic nitrogens is 1. The third kappa shape index (κ3) is 4.09. The molecule has 0 radical (unpaired) electrons. The Balaban J connectivity index is 1.85. The average molecular weight is 432 g/mol. The zero-order valence-electron chi connectivity index (χ0n) is 17.4.